The van der Waals surface area contributed by atoms with Crippen LogP contribution in [0.5, 0.6) is 0 Å². The number of hydrogen-bond donors (Lipinski definition) is 0. The summed E-state index contributed by atoms with van der Waals surface area (Å²) in [6.07, 6.45) is -0.824. The van der Waals surface area contributed by atoms with Crippen LogP contribution in [-0.4, -0.2) is 60.1 Å². The molecule has 0 aliphatic carbocycles. The molecule has 1 aromatic carbocycles. The molecule has 4 aliphatic heterocycles. The van der Waals surface area contributed by atoms with E-state index in [1.807, 2.05) is 32.0 Å². The van der Waals surface area contributed by atoms with Crippen molar-refractivity contribution in [3.63, 3.8) is 0 Å². The van der Waals surface area contributed by atoms with E-state index >= 15 is 0 Å². The van der Waals surface area contributed by atoms with Gasteiger partial charge in [-0.2, -0.15) is 0 Å². The number of carbonyl (C=O) groups excluding carboxylic acids is 1. The zero-order valence-electron chi connectivity index (χ0n) is 14.2. The quantitative estimate of drug-likeness (QED) is 0.767. The molecule has 2 bridgehead atoms. The molecule has 0 saturated carbocycles. The highest BCUT2D eigenvalue weighted by Crippen LogP contribution is 2.44. The third-order valence-electron chi connectivity index (χ3n) is 5.17. The summed E-state index contributed by atoms with van der Waals surface area (Å²) in [7, 11) is 0. The maximum atomic E-state index is 12.9. The van der Waals surface area contributed by atoms with Crippen LogP contribution in [0.1, 0.15) is 30.6 Å². The lowest BCUT2D eigenvalue weighted by Crippen LogP contribution is -2.49. The number of carbonyl (C=O) groups is 1. The first-order chi connectivity index (χ1) is 12.0. The number of hydroxylamine groups is 2. The van der Waals surface area contributed by atoms with E-state index in [2.05, 4.69) is 0 Å². The number of benzene rings is 1. The van der Waals surface area contributed by atoms with Crippen LogP contribution in [0.2, 0.25) is 0 Å². The minimum Gasteiger partial charge on any atom is -0.370 e. The summed E-state index contributed by atoms with van der Waals surface area (Å²) in [5.74, 6) is -0.845. The summed E-state index contributed by atoms with van der Waals surface area (Å²) < 4.78 is 23.9. The van der Waals surface area contributed by atoms with Crippen LogP contribution >= 0.6 is 0 Å². The smallest absolute Gasteiger partial charge is 0.277 e. The molecule has 0 aromatic heterocycles. The molecule has 0 N–H and O–H groups in total. The molecule has 4 fully saturated rings. The van der Waals surface area contributed by atoms with Gasteiger partial charge in [0.15, 0.2) is 12.1 Å². The van der Waals surface area contributed by atoms with E-state index in [4.69, 9.17) is 23.8 Å². The van der Waals surface area contributed by atoms with Gasteiger partial charge in [0.2, 0.25) is 0 Å². The SMILES string of the molecule is CC1(C)O[C@H]2O[C@H]3[C@H](OC[C@H]4C[C@@H]3N(C(=O)c3ccccc3)O4)[C@H]2O1. The van der Waals surface area contributed by atoms with E-state index in [-0.39, 0.29) is 36.4 Å². The topological polar surface area (TPSA) is 66.5 Å². The molecule has 25 heavy (non-hydrogen) atoms. The van der Waals surface area contributed by atoms with Gasteiger partial charge in [-0.25, -0.2) is 5.06 Å². The fourth-order valence-corrected chi connectivity index (χ4v) is 4.14. The van der Waals surface area contributed by atoms with Crippen molar-refractivity contribution in [2.24, 2.45) is 0 Å². The molecule has 1 aromatic rings. The third-order valence-corrected chi connectivity index (χ3v) is 5.17. The second-order valence-corrected chi connectivity index (χ2v) is 7.39. The van der Waals surface area contributed by atoms with Crippen molar-refractivity contribution in [1.29, 1.82) is 0 Å². The molecular weight excluding hydrogens is 326 g/mol. The zero-order valence-corrected chi connectivity index (χ0v) is 14.2. The monoisotopic (exact) mass is 347 g/mol. The Balaban J connectivity index is 1.41. The second kappa shape index (κ2) is 5.49. The van der Waals surface area contributed by atoms with Crippen LogP contribution in [-0.2, 0) is 23.8 Å². The van der Waals surface area contributed by atoms with E-state index < -0.39 is 12.1 Å². The summed E-state index contributed by atoms with van der Waals surface area (Å²) in [4.78, 5) is 18.7. The number of amides is 1. The van der Waals surface area contributed by atoms with Crippen LogP contribution in [0.3, 0.4) is 0 Å². The Morgan fingerprint density at radius 3 is 2.72 bits per heavy atom. The molecule has 6 atom stereocenters. The molecule has 134 valence electrons. The highest BCUT2D eigenvalue weighted by atomic mass is 16.8. The van der Waals surface area contributed by atoms with Gasteiger partial charge in [-0.1, -0.05) is 18.2 Å². The molecule has 4 heterocycles. The molecule has 4 aliphatic rings. The number of rotatable bonds is 1. The minimum absolute atomic E-state index is 0.152. The Hall–Kier alpha value is -1.51. The van der Waals surface area contributed by atoms with Crippen LogP contribution in [0.15, 0.2) is 30.3 Å². The highest BCUT2D eigenvalue weighted by Gasteiger charge is 2.61. The largest absolute Gasteiger partial charge is 0.370 e. The van der Waals surface area contributed by atoms with Gasteiger partial charge in [0.25, 0.3) is 5.91 Å². The minimum atomic E-state index is -0.689. The number of nitrogens with zero attached hydrogens (tertiary/aromatic N) is 1. The fraction of sp³-hybridized carbons (Fsp3) is 0.611. The molecule has 0 spiro atoms. The van der Waals surface area contributed by atoms with Crippen LogP contribution in [0.4, 0.5) is 0 Å². The van der Waals surface area contributed by atoms with Crippen molar-refractivity contribution in [1.82, 2.24) is 5.06 Å². The maximum Gasteiger partial charge on any atom is 0.277 e. The third kappa shape index (κ3) is 2.50. The van der Waals surface area contributed by atoms with Crippen molar-refractivity contribution in [3.8, 4) is 0 Å². The summed E-state index contributed by atoms with van der Waals surface area (Å²) in [6, 6.07) is 8.92. The first-order valence-corrected chi connectivity index (χ1v) is 8.70. The molecule has 7 heteroatoms. The Morgan fingerprint density at radius 2 is 1.92 bits per heavy atom. The van der Waals surface area contributed by atoms with Gasteiger partial charge >= 0.3 is 0 Å². The van der Waals surface area contributed by atoms with Crippen LogP contribution in [0, 0.1) is 0 Å². The lowest BCUT2D eigenvalue weighted by molar-refractivity contribution is -0.243. The summed E-state index contributed by atoms with van der Waals surface area (Å²) >= 11 is 0. The Morgan fingerprint density at radius 1 is 1.12 bits per heavy atom. The Labute approximate surface area is 145 Å². The number of ether oxygens (including phenoxy) is 4. The average Bonchev–Trinajstić information content (AvgIpc) is 3.18. The van der Waals surface area contributed by atoms with Gasteiger partial charge in [0.1, 0.15) is 24.4 Å². The van der Waals surface area contributed by atoms with Gasteiger partial charge in [0.05, 0.1) is 12.6 Å². The number of fused-ring (bicyclic) bond motifs is 6. The zero-order chi connectivity index (χ0) is 17.2. The molecule has 5 rings (SSSR count). The van der Waals surface area contributed by atoms with Gasteiger partial charge in [-0.05, 0) is 26.0 Å². The Kier molecular flexibility index (Phi) is 3.45. The maximum absolute atomic E-state index is 12.9. The standard InChI is InChI=1S/C18H21NO6/c1-18(2)23-15-14-13(22-17(15)24-18)12-8-11(9-21-14)25-19(12)16(20)10-6-4-3-5-7-10/h3-7,11-15,17H,8-9H2,1-2H3/t11-,12+,13-,14+,15-,17-/m1/s1. The molecular formula is C18H21NO6. The summed E-state index contributed by atoms with van der Waals surface area (Å²) in [5, 5.41) is 1.46. The van der Waals surface area contributed by atoms with E-state index in [1.165, 1.54) is 5.06 Å². The van der Waals surface area contributed by atoms with E-state index in [0.29, 0.717) is 18.6 Å². The van der Waals surface area contributed by atoms with Gasteiger partial charge in [-0.15, -0.1) is 0 Å². The molecule has 4 saturated heterocycles. The highest BCUT2D eigenvalue weighted by molar-refractivity contribution is 5.93. The predicted molar refractivity (Wildman–Crippen MR) is 84.3 cm³/mol. The van der Waals surface area contributed by atoms with Gasteiger partial charge in [0, 0.05) is 12.0 Å². The Bertz CT molecular complexity index is 679. The first-order valence-electron chi connectivity index (χ1n) is 8.70. The molecule has 1 amide bonds. The first kappa shape index (κ1) is 15.7. The van der Waals surface area contributed by atoms with Crippen LogP contribution < -0.4 is 0 Å². The van der Waals surface area contributed by atoms with Crippen molar-refractivity contribution in [2.75, 3.05) is 6.61 Å². The lowest BCUT2D eigenvalue weighted by Gasteiger charge is -2.33. The van der Waals surface area contributed by atoms with Crippen molar-refractivity contribution < 1.29 is 28.6 Å². The lowest BCUT2D eigenvalue weighted by atomic mass is 10.00. The van der Waals surface area contributed by atoms with Gasteiger partial charge < -0.3 is 18.9 Å². The predicted octanol–water partition coefficient (Wildman–Crippen LogP) is 1.48. The fourth-order valence-electron chi connectivity index (χ4n) is 4.14. The van der Waals surface area contributed by atoms with Crippen molar-refractivity contribution in [3.05, 3.63) is 35.9 Å². The normalized spacial score (nSPS) is 41.3. The molecule has 0 radical (unpaired) electrons. The van der Waals surface area contributed by atoms with Crippen molar-refractivity contribution in [2.45, 2.75) is 62.8 Å². The van der Waals surface area contributed by atoms with E-state index in [1.54, 1.807) is 12.1 Å². The summed E-state index contributed by atoms with van der Waals surface area (Å²) in [6.45, 7) is 4.13. The number of hydrogen-bond acceptors (Lipinski definition) is 6. The van der Waals surface area contributed by atoms with Crippen molar-refractivity contribution >= 4 is 5.91 Å². The summed E-state index contributed by atoms with van der Waals surface area (Å²) in [5.41, 5.74) is 0.595. The van der Waals surface area contributed by atoms with Gasteiger partial charge in [-0.3, -0.25) is 9.63 Å². The van der Waals surface area contributed by atoms with Crippen LogP contribution in [0.25, 0.3) is 0 Å². The van der Waals surface area contributed by atoms with E-state index in [9.17, 15) is 4.79 Å². The van der Waals surface area contributed by atoms with E-state index in [0.717, 1.165) is 0 Å². The molecule has 0 unspecified atom stereocenters. The molecule has 7 nitrogen and oxygen atoms in total. The second-order valence-electron chi connectivity index (χ2n) is 7.39. The average molecular weight is 347 g/mol.